The Bertz CT molecular complexity index is 751. The summed E-state index contributed by atoms with van der Waals surface area (Å²) in [6.45, 7) is 13.3. The van der Waals surface area contributed by atoms with Crippen molar-refractivity contribution in [2.24, 2.45) is 0 Å². The minimum atomic E-state index is -0.980. The summed E-state index contributed by atoms with van der Waals surface area (Å²) >= 11 is 0. The Labute approximate surface area is 327 Å². The standard InChI is InChI=1S/C40H79NO13/c1-2-3-4-5-6-7-8-9-10-11-12-13-14-19-45-21-23-47-25-27-49-29-31-51-33-35-53-37-38-54-36-34-52-32-30-50-28-26-48-24-22-46-20-15-18-41-39(42)16-17-40(43)44/h2-38H2,1H3,(H,41,42)(H,43,44). The third-order valence-electron chi connectivity index (χ3n) is 8.09. The van der Waals surface area contributed by atoms with Crippen LogP contribution in [0.3, 0.4) is 0 Å². The van der Waals surface area contributed by atoms with Crippen molar-refractivity contribution in [3.8, 4) is 0 Å². The molecule has 0 aromatic heterocycles. The molecule has 0 aliphatic heterocycles. The minimum Gasteiger partial charge on any atom is -0.481 e. The molecule has 0 saturated heterocycles. The number of hydrogen-bond acceptors (Lipinski definition) is 12. The summed E-state index contributed by atoms with van der Waals surface area (Å²) in [4.78, 5) is 21.8. The fourth-order valence-electron chi connectivity index (χ4n) is 5.01. The molecule has 322 valence electrons. The molecule has 14 heteroatoms. The van der Waals surface area contributed by atoms with E-state index < -0.39 is 5.97 Å². The zero-order chi connectivity index (χ0) is 39.1. The van der Waals surface area contributed by atoms with Gasteiger partial charge in [-0.1, -0.05) is 84.0 Å². The van der Waals surface area contributed by atoms with Crippen molar-refractivity contribution in [2.75, 3.05) is 139 Å². The number of hydrogen-bond donors (Lipinski definition) is 2. The van der Waals surface area contributed by atoms with E-state index in [4.69, 9.17) is 52.5 Å². The molecule has 0 atom stereocenters. The van der Waals surface area contributed by atoms with Gasteiger partial charge in [-0.25, -0.2) is 0 Å². The van der Waals surface area contributed by atoms with E-state index in [1.165, 1.54) is 77.0 Å². The van der Waals surface area contributed by atoms with E-state index in [2.05, 4.69) is 12.2 Å². The van der Waals surface area contributed by atoms with E-state index >= 15 is 0 Å². The molecule has 0 saturated carbocycles. The average molecular weight is 782 g/mol. The van der Waals surface area contributed by atoms with Gasteiger partial charge in [-0.15, -0.1) is 0 Å². The Morgan fingerprint density at radius 3 is 0.907 bits per heavy atom. The zero-order valence-corrected chi connectivity index (χ0v) is 34.0. The highest BCUT2D eigenvalue weighted by Gasteiger charge is 2.04. The van der Waals surface area contributed by atoms with Gasteiger partial charge in [-0.05, 0) is 12.8 Å². The third kappa shape index (κ3) is 48.6. The normalized spacial score (nSPS) is 11.4. The maximum absolute atomic E-state index is 11.4. The summed E-state index contributed by atoms with van der Waals surface area (Å²) in [6.07, 6.45) is 18.2. The van der Waals surface area contributed by atoms with Gasteiger partial charge in [0.2, 0.25) is 5.91 Å². The largest absolute Gasteiger partial charge is 0.481 e. The molecular weight excluding hydrogens is 702 g/mol. The van der Waals surface area contributed by atoms with Crippen LogP contribution in [0.5, 0.6) is 0 Å². The van der Waals surface area contributed by atoms with Crippen LogP contribution in [0.25, 0.3) is 0 Å². The van der Waals surface area contributed by atoms with Crippen molar-refractivity contribution in [2.45, 2.75) is 110 Å². The van der Waals surface area contributed by atoms with Gasteiger partial charge in [0.15, 0.2) is 0 Å². The molecule has 0 heterocycles. The lowest BCUT2D eigenvalue weighted by Crippen LogP contribution is -2.25. The topological polar surface area (TPSA) is 159 Å². The predicted molar refractivity (Wildman–Crippen MR) is 208 cm³/mol. The van der Waals surface area contributed by atoms with Gasteiger partial charge < -0.3 is 57.8 Å². The molecule has 0 radical (unpaired) electrons. The van der Waals surface area contributed by atoms with Crippen LogP contribution in [-0.4, -0.2) is 156 Å². The van der Waals surface area contributed by atoms with Gasteiger partial charge in [0.1, 0.15) is 0 Å². The van der Waals surface area contributed by atoms with Crippen LogP contribution in [0.4, 0.5) is 0 Å². The molecule has 14 nitrogen and oxygen atoms in total. The first kappa shape index (κ1) is 52.5. The molecule has 0 aromatic rings. The van der Waals surface area contributed by atoms with Crippen molar-refractivity contribution in [3.63, 3.8) is 0 Å². The minimum absolute atomic E-state index is 0.00731. The van der Waals surface area contributed by atoms with E-state index in [0.717, 1.165) is 13.0 Å². The van der Waals surface area contributed by atoms with Crippen LogP contribution in [0, 0.1) is 0 Å². The highest BCUT2D eigenvalue weighted by molar-refractivity contribution is 5.80. The monoisotopic (exact) mass is 782 g/mol. The van der Waals surface area contributed by atoms with Crippen LogP contribution < -0.4 is 5.32 Å². The van der Waals surface area contributed by atoms with Crippen molar-refractivity contribution >= 4 is 11.9 Å². The molecule has 0 aliphatic rings. The number of carboxylic acids is 1. The Morgan fingerprint density at radius 2 is 0.611 bits per heavy atom. The molecule has 54 heavy (non-hydrogen) atoms. The van der Waals surface area contributed by atoms with Crippen molar-refractivity contribution in [3.05, 3.63) is 0 Å². The Hall–Kier alpha value is -1.46. The van der Waals surface area contributed by atoms with Crippen LogP contribution in [-0.2, 0) is 57.0 Å². The fraction of sp³-hybridized carbons (Fsp3) is 0.950. The van der Waals surface area contributed by atoms with E-state index in [9.17, 15) is 9.59 Å². The van der Waals surface area contributed by atoms with Crippen LogP contribution >= 0.6 is 0 Å². The lowest BCUT2D eigenvalue weighted by molar-refractivity contribution is -0.138. The number of carbonyl (C=O) groups excluding carboxylic acids is 1. The molecular formula is C40H79NO13. The number of carboxylic acid groups (broad SMARTS) is 1. The summed E-state index contributed by atoms with van der Waals surface area (Å²) < 4.78 is 55.1. The quantitative estimate of drug-likeness (QED) is 0.0735. The van der Waals surface area contributed by atoms with E-state index in [-0.39, 0.29) is 18.7 Å². The van der Waals surface area contributed by atoms with Gasteiger partial charge in [-0.3, -0.25) is 9.59 Å². The molecule has 1 amide bonds. The Morgan fingerprint density at radius 1 is 0.352 bits per heavy atom. The first-order chi connectivity index (χ1) is 26.7. The average Bonchev–Trinajstić information content (AvgIpc) is 3.17. The SMILES string of the molecule is CCCCCCCCCCCCCCCOCCOCCOCCOCCOCCOCCOCCOCCOCCOCCCNC(=O)CCC(=O)O. The maximum Gasteiger partial charge on any atom is 0.303 e. The highest BCUT2D eigenvalue weighted by atomic mass is 16.6. The molecule has 0 bridgehead atoms. The van der Waals surface area contributed by atoms with E-state index in [0.29, 0.717) is 138 Å². The number of carbonyl (C=O) groups is 2. The summed E-state index contributed by atoms with van der Waals surface area (Å²) in [5.41, 5.74) is 0. The third-order valence-corrected chi connectivity index (χ3v) is 8.09. The predicted octanol–water partition coefficient (Wildman–Crippen LogP) is 5.61. The molecule has 0 fully saturated rings. The second-order valence-electron chi connectivity index (χ2n) is 13.0. The van der Waals surface area contributed by atoms with Gasteiger partial charge in [0, 0.05) is 26.2 Å². The molecule has 0 spiro atoms. The van der Waals surface area contributed by atoms with Crippen LogP contribution in [0.1, 0.15) is 110 Å². The van der Waals surface area contributed by atoms with Crippen molar-refractivity contribution < 1.29 is 62.1 Å². The molecule has 0 aromatic carbocycles. The summed E-state index contributed by atoms with van der Waals surface area (Å²) in [5, 5.41) is 11.2. The van der Waals surface area contributed by atoms with Crippen molar-refractivity contribution in [1.82, 2.24) is 5.32 Å². The lowest BCUT2D eigenvalue weighted by Gasteiger charge is -2.09. The number of ether oxygens (including phenoxy) is 10. The van der Waals surface area contributed by atoms with Crippen LogP contribution in [0.15, 0.2) is 0 Å². The second kappa shape index (κ2) is 47.7. The Balaban J connectivity index is 3.08. The van der Waals surface area contributed by atoms with Crippen LogP contribution in [0.2, 0.25) is 0 Å². The van der Waals surface area contributed by atoms with Gasteiger partial charge in [0.25, 0.3) is 0 Å². The zero-order valence-electron chi connectivity index (χ0n) is 34.0. The van der Waals surface area contributed by atoms with Gasteiger partial charge in [0.05, 0.1) is 125 Å². The van der Waals surface area contributed by atoms with Gasteiger partial charge >= 0.3 is 5.97 Å². The first-order valence-electron chi connectivity index (χ1n) is 20.9. The number of nitrogens with one attached hydrogen (secondary N) is 1. The van der Waals surface area contributed by atoms with E-state index in [1.807, 2.05) is 0 Å². The first-order valence-corrected chi connectivity index (χ1v) is 20.9. The molecule has 0 aliphatic carbocycles. The highest BCUT2D eigenvalue weighted by Crippen LogP contribution is 2.12. The number of rotatable bonds is 48. The Kier molecular flexibility index (Phi) is 46.4. The van der Waals surface area contributed by atoms with Gasteiger partial charge in [-0.2, -0.15) is 0 Å². The number of amides is 1. The summed E-state index contributed by atoms with van der Waals surface area (Å²) in [7, 11) is 0. The fourth-order valence-corrected chi connectivity index (χ4v) is 5.01. The summed E-state index contributed by atoms with van der Waals surface area (Å²) in [5.74, 6) is -1.24. The van der Waals surface area contributed by atoms with Crippen molar-refractivity contribution in [1.29, 1.82) is 0 Å². The molecule has 0 unspecified atom stereocenters. The maximum atomic E-state index is 11.4. The lowest BCUT2D eigenvalue weighted by atomic mass is 10.0. The molecule has 0 rings (SSSR count). The number of aliphatic carboxylic acids is 1. The second-order valence-corrected chi connectivity index (χ2v) is 13.0. The molecule has 2 N–H and O–H groups in total. The summed E-state index contributed by atoms with van der Waals surface area (Å²) in [6, 6.07) is 0. The number of unbranched alkanes of at least 4 members (excludes halogenated alkanes) is 12. The smallest absolute Gasteiger partial charge is 0.303 e. The van der Waals surface area contributed by atoms with E-state index in [1.54, 1.807) is 0 Å².